The average molecular weight is 701 g/mol. The van der Waals surface area contributed by atoms with Gasteiger partial charge in [-0.1, -0.05) is 25.5 Å². The number of aryl methyl sites for hydroxylation is 1. The molecule has 1 atom stereocenters. The van der Waals surface area contributed by atoms with Gasteiger partial charge in [0.15, 0.2) is 0 Å². The first-order valence-electron chi connectivity index (χ1n) is 18.8. The first kappa shape index (κ1) is 35.7. The first-order chi connectivity index (χ1) is 24.5. The van der Waals surface area contributed by atoms with Gasteiger partial charge in [0.25, 0.3) is 0 Å². The van der Waals surface area contributed by atoms with Crippen LogP contribution in [0.5, 0.6) is 0 Å². The van der Waals surface area contributed by atoms with Gasteiger partial charge < -0.3 is 14.4 Å². The summed E-state index contributed by atoms with van der Waals surface area (Å²) in [5, 5.41) is 12.0. The van der Waals surface area contributed by atoms with Crippen LogP contribution >= 0.6 is 0 Å². The second kappa shape index (κ2) is 14.7. The van der Waals surface area contributed by atoms with Gasteiger partial charge in [-0.2, -0.15) is 18.4 Å². The number of alkyl halides is 3. The Hall–Kier alpha value is -3.72. The highest BCUT2D eigenvalue weighted by Crippen LogP contribution is 2.44. The van der Waals surface area contributed by atoms with Gasteiger partial charge in [-0.3, -0.25) is 9.80 Å². The fourth-order valence-corrected chi connectivity index (χ4v) is 8.74. The average Bonchev–Trinajstić information content (AvgIpc) is 3.27. The molecule has 3 aliphatic rings. The summed E-state index contributed by atoms with van der Waals surface area (Å²) in [5.74, 6) is 0.736. The number of likely N-dealkylation sites (tertiary alicyclic amines) is 1. The lowest BCUT2D eigenvalue weighted by Gasteiger charge is -2.54. The summed E-state index contributed by atoms with van der Waals surface area (Å²) >= 11 is 0. The zero-order valence-electron chi connectivity index (χ0n) is 30.4. The molecule has 0 amide bonds. The van der Waals surface area contributed by atoms with E-state index in [1.54, 1.807) is 12.1 Å². The number of hydrogen-bond donors (Lipinski definition) is 0. The van der Waals surface area contributed by atoms with Crippen molar-refractivity contribution in [2.75, 3.05) is 63.8 Å². The maximum absolute atomic E-state index is 13.1. The number of halogens is 3. The van der Waals surface area contributed by atoms with Crippen LogP contribution in [0.1, 0.15) is 68.3 Å². The third-order valence-corrected chi connectivity index (χ3v) is 11.8. The topological polar surface area (TPSA) is 67.5 Å². The van der Waals surface area contributed by atoms with E-state index in [0.717, 1.165) is 88.8 Å². The largest absolute Gasteiger partial charge is 0.393 e. The molecule has 0 N–H and O–H groups in total. The molecule has 1 spiro atoms. The Morgan fingerprint density at radius 1 is 0.941 bits per heavy atom. The second-order valence-corrected chi connectivity index (χ2v) is 15.4. The molecule has 3 fully saturated rings. The van der Waals surface area contributed by atoms with Crippen LogP contribution in [0.2, 0.25) is 0 Å². The third kappa shape index (κ3) is 7.74. The van der Waals surface area contributed by atoms with Crippen molar-refractivity contribution in [2.45, 2.75) is 84.6 Å². The van der Waals surface area contributed by atoms with Crippen LogP contribution in [0.15, 0.2) is 42.7 Å². The van der Waals surface area contributed by atoms with Crippen molar-refractivity contribution < 1.29 is 13.2 Å². The summed E-state index contributed by atoms with van der Waals surface area (Å²) in [6, 6.07) is 14.2. The molecule has 2 aromatic heterocycles. The Morgan fingerprint density at radius 2 is 1.75 bits per heavy atom. The monoisotopic (exact) mass is 700 g/mol. The van der Waals surface area contributed by atoms with E-state index in [2.05, 4.69) is 79.2 Å². The number of fused-ring (bicyclic) bond motifs is 2. The lowest BCUT2D eigenvalue weighted by Crippen LogP contribution is -2.60. The molecule has 3 aliphatic heterocycles. The van der Waals surface area contributed by atoms with E-state index in [-0.39, 0.29) is 11.0 Å². The van der Waals surface area contributed by atoms with E-state index in [0.29, 0.717) is 16.9 Å². The van der Waals surface area contributed by atoms with E-state index < -0.39 is 12.6 Å². The number of benzene rings is 2. The highest BCUT2D eigenvalue weighted by Gasteiger charge is 2.45. The number of piperidine rings is 1. The second-order valence-electron chi connectivity index (χ2n) is 15.4. The molecule has 51 heavy (non-hydrogen) atoms. The molecule has 0 radical (unpaired) electrons. The summed E-state index contributed by atoms with van der Waals surface area (Å²) in [4.78, 5) is 18.8. The predicted octanol–water partition coefficient (Wildman–Crippen LogP) is 7.17. The van der Waals surface area contributed by atoms with E-state index in [1.807, 2.05) is 0 Å². The molecule has 272 valence electrons. The van der Waals surface area contributed by atoms with Gasteiger partial charge in [0.2, 0.25) is 0 Å². The number of unbranched alkanes of at least 4 members (excludes halogenated alkanes) is 1. The van der Waals surface area contributed by atoms with Crippen molar-refractivity contribution in [3.05, 3.63) is 65.1 Å². The number of rotatable bonds is 10. The molecule has 2 aromatic carbocycles. The Balaban J connectivity index is 0.973. The van der Waals surface area contributed by atoms with Gasteiger partial charge in [-0.25, -0.2) is 9.97 Å². The van der Waals surface area contributed by atoms with Gasteiger partial charge in [-0.15, -0.1) is 0 Å². The van der Waals surface area contributed by atoms with Gasteiger partial charge in [0.1, 0.15) is 23.9 Å². The Morgan fingerprint density at radius 3 is 2.49 bits per heavy atom. The van der Waals surface area contributed by atoms with Crippen molar-refractivity contribution in [2.24, 2.45) is 5.41 Å². The Labute approximate surface area is 299 Å². The van der Waals surface area contributed by atoms with Crippen LogP contribution in [0.25, 0.3) is 21.8 Å². The minimum atomic E-state index is -4.25. The van der Waals surface area contributed by atoms with Crippen molar-refractivity contribution in [1.82, 2.24) is 29.2 Å². The molecule has 0 saturated carbocycles. The normalized spacial score (nSPS) is 19.7. The zero-order valence-corrected chi connectivity index (χ0v) is 30.4. The van der Waals surface area contributed by atoms with Crippen molar-refractivity contribution in [1.29, 1.82) is 5.26 Å². The Bertz CT molecular complexity index is 1880. The molecule has 11 heteroatoms. The van der Waals surface area contributed by atoms with Gasteiger partial charge in [-0.05, 0) is 113 Å². The van der Waals surface area contributed by atoms with E-state index in [9.17, 15) is 18.4 Å². The number of nitriles is 1. The van der Waals surface area contributed by atoms with E-state index in [1.165, 1.54) is 61.3 Å². The van der Waals surface area contributed by atoms with Crippen LogP contribution in [-0.4, -0.2) is 100 Å². The molecule has 7 rings (SSSR count). The number of nitrogens with zero attached hydrogens (tertiary/aromatic N) is 8. The molecule has 3 saturated heterocycles. The summed E-state index contributed by atoms with van der Waals surface area (Å²) in [6.45, 7) is 17.9. The van der Waals surface area contributed by atoms with Gasteiger partial charge in [0, 0.05) is 67.0 Å². The van der Waals surface area contributed by atoms with Crippen LogP contribution < -0.4 is 4.90 Å². The summed E-state index contributed by atoms with van der Waals surface area (Å²) in [6.07, 6.45) is 2.15. The van der Waals surface area contributed by atoms with Gasteiger partial charge >= 0.3 is 6.18 Å². The van der Waals surface area contributed by atoms with E-state index in [4.69, 9.17) is 0 Å². The fourth-order valence-electron chi connectivity index (χ4n) is 8.74. The highest BCUT2D eigenvalue weighted by molar-refractivity contribution is 5.90. The lowest BCUT2D eigenvalue weighted by atomic mass is 9.72. The van der Waals surface area contributed by atoms with Crippen molar-refractivity contribution in [3.8, 4) is 6.07 Å². The SMILES string of the molecule is CCCCN1CCCN(C(C)Cn2c(C#N)cc3c(C)c(CN4CCC5(CC4)CN(c4ncnc6ccc(CC(F)(F)F)cc46)C5)ccc32)CC1. The molecule has 0 aliphatic carbocycles. The summed E-state index contributed by atoms with van der Waals surface area (Å²) in [7, 11) is 0. The molecule has 4 aromatic rings. The molecule has 8 nitrogen and oxygen atoms in total. The quantitative estimate of drug-likeness (QED) is 0.174. The number of aromatic nitrogens is 3. The molecule has 5 heterocycles. The molecular weight excluding hydrogens is 649 g/mol. The number of hydrogen-bond acceptors (Lipinski definition) is 7. The Kier molecular flexibility index (Phi) is 10.3. The maximum Gasteiger partial charge on any atom is 0.393 e. The minimum Gasteiger partial charge on any atom is -0.355 e. The summed E-state index contributed by atoms with van der Waals surface area (Å²) in [5.41, 5.74) is 5.56. The minimum absolute atomic E-state index is 0.202. The maximum atomic E-state index is 13.1. The van der Waals surface area contributed by atoms with Gasteiger partial charge in [0.05, 0.1) is 11.9 Å². The van der Waals surface area contributed by atoms with Crippen molar-refractivity contribution in [3.63, 3.8) is 0 Å². The van der Waals surface area contributed by atoms with Crippen LogP contribution in [0.4, 0.5) is 19.0 Å². The van der Waals surface area contributed by atoms with Crippen LogP contribution in [-0.2, 0) is 19.5 Å². The number of anilines is 1. The van der Waals surface area contributed by atoms with E-state index >= 15 is 0 Å². The standard InChI is InChI=1S/C40H51F3N8/c1-4-5-13-47-14-6-15-49(19-18-47)29(2)24-51-33(23-44)21-34-30(3)32(8-10-37(34)51)25-48-16-11-39(12-17-48)26-50(27-39)38-35-20-31(22-40(41,42)43)7-9-36(35)45-28-46-38/h7-10,20-21,28-29H,4-6,11-19,22,24-27H2,1-3H3. The smallest absolute Gasteiger partial charge is 0.355 e. The van der Waals surface area contributed by atoms with Crippen LogP contribution in [0, 0.1) is 23.7 Å². The lowest BCUT2D eigenvalue weighted by molar-refractivity contribution is -0.127. The zero-order chi connectivity index (χ0) is 35.8. The molecule has 1 unspecified atom stereocenters. The first-order valence-corrected chi connectivity index (χ1v) is 18.8. The fraction of sp³-hybridized carbons (Fsp3) is 0.575. The highest BCUT2D eigenvalue weighted by atomic mass is 19.4. The predicted molar refractivity (Wildman–Crippen MR) is 197 cm³/mol. The third-order valence-electron chi connectivity index (χ3n) is 11.8. The van der Waals surface area contributed by atoms with Crippen molar-refractivity contribution >= 4 is 27.6 Å². The summed E-state index contributed by atoms with van der Waals surface area (Å²) < 4.78 is 41.5. The van der Waals surface area contributed by atoms with Crippen LogP contribution in [0.3, 0.4) is 0 Å². The molecular formula is C40H51F3N8. The molecule has 0 bridgehead atoms.